The summed E-state index contributed by atoms with van der Waals surface area (Å²) in [6.45, 7) is 3.75. The summed E-state index contributed by atoms with van der Waals surface area (Å²) in [5.74, 6) is 1.90. The van der Waals surface area contributed by atoms with Gasteiger partial charge in [-0.25, -0.2) is 0 Å². The molecule has 0 radical (unpaired) electrons. The summed E-state index contributed by atoms with van der Waals surface area (Å²) in [6.07, 6.45) is -0.294. The Kier molecular flexibility index (Phi) is 7.35. The monoisotopic (exact) mass is 445 g/mol. The van der Waals surface area contributed by atoms with E-state index in [9.17, 15) is 9.59 Å². The quantitative estimate of drug-likeness (QED) is 0.263. The molecule has 0 saturated carbocycles. The van der Waals surface area contributed by atoms with Crippen LogP contribution in [0.5, 0.6) is 11.5 Å². The first-order chi connectivity index (χ1) is 15.0. The van der Waals surface area contributed by atoms with Crippen molar-refractivity contribution in [3.63, 3.8) is 0 Å². The topological polar surface area (TPSA) is 106 Å². The van der Waals surface area contributed by atoms with Crippen LogP contribution in [0.25, 0.3) is 17.3 Å². The fraction of sp³-hybridized carbons (Fsp3) is 0.333. The van der Waals surface area contributed by atoms with Gasteiger partial charge < -0.3 is 18.6 Å². The number of thioether (sulfide) groups is 1. The number of ether oxygens (including phenoxy) is 3. The summed E-state index contributed by atoms with van der Waals surface area (Å²) in [6, 6.07) is 8.99. The maximum Gasteiger partial charge on any atom is 0.313 e. The van der Waals surface area contributed by atoms with E-state index in [-0.39, 0.29) is 24.6 Å². The molecule has 0 aliphatic carbocycles. The molecule has 164 valence electrons. The lowest BCUT2D eigenvalue weighted by molar-refractivity contribution is -0.145. The number of methoxy groups -OCH3 is 2. The summed E-state index contributed by atoms with van der Waals surface area (Å²) >= 11 is 1.15. The third-order valence-corrected chi connectivity index (χ3v) is 5.22. The van der Waals surface area contributed by atoms with Gasteiger partial charge in [-0.3, -0.25) is 14.2 Å². The van der Waals surface area contributed by atoms with Crippen molar-refractivity contribution >= 4 is 23.5 Å². The minimum Gasteiger partial charge on any atom is -0.494 e. The molecule has 0 spiro atoms. The van der Waals surface area contributed by atoms with Crippen LogP contribution in [0.3, 0.4) is 0 Å². The van der Waals surface area contributed by atoms with Crippen LogP contribution >= 0.6 is 11.8 Å². The van der Waals surface area contributed by atoms with E-state index in [2.05, 4.69) is 10.2 Å². The van der Waals surface area contributed by atoms with Gasteiger partial charge in [-0.1, -0.05) is 17.8 Å². The van der Waals surface area contributed by atoms with Crippen molar-refractivity contribution in [1.29, 1.82) is 0 Å². The highest BCUT2D eigenvalue weighted by Gasteiger charge is 2.25. The van der Waals surface area contributed by atoms with Crippen LogP contribution in [0, 0.1) is 6.92 Å². The maximum absolute atomic E-state index is 12.2. The molecule has 0 bridgehead atoms. The van der Waals surface area contributed by atoms with Crippen molar-refractivity contribution in [1.82, 2.24) is 14.8 Å². The van der Waals surface area contributed by atoms with Crippen LogP contribution in [0.2, 0.25) is 0 Å². The molecule has 0 fully saturated rings. The molecule has 0 aliphatic rings. The maximum atomic E-state index is 12.2. The number of hydrogen-bond donors (Lipinski definition) is 0. The molecule has 3 aromatic rings. The molecule has 31 heavy (non-hydrogen) atoms. The van der Waals surface area contributed by atoms with Crippen molar-refractivity contribution in [3.05, 3.63) is 36.1 Å². The van der Waals surface area contributed by atoms with Gasteiger partial charge in [0.25, 0.3) is 0 Å². The van der Waals surface area contributed by atoms with Gasteiger partial charge in [0, 0.05) is 0 Å². The fourth-order valence-electron chi connectivity index (χ4n) is 2.90. The number of furan rings is 1. The first-order valence-electron chi connectivity index (χ1n) is 9.52. The lowest BCUT2D eigenvalue weighted by atomic mass is 10.2. The zero-order valence-electron chi connectivity index (χ0n) is 17.7. The minimum absolute atomic E-state index is 0.0194. The average molecular weight is 445 g/mol. The number of rotatable bonds is 10. The molecule has 10 heteroatoms. The number of aryl methyl sites for hydroxylation is 1. The summed E-state index contributed by atoms with van der Waals surface area (Å²) in [5.41, 5.74) is 0.571. The lowest BCUT2D eigenvalue weighted by Crippen LogP contribution is -2.13. The minimum atomic E-state index is -0.548. The number of hydrogen-bond acceptors (Lipinski definition) is 9. The van der Waals surface area contributed by atoms with E-state index in [1.54, 1.807) is 50.0 Å². The first kappa shape index (κ1) is 22.4. The Balaban J connectivity index is 2.01. The highest BCUT2D eigenvalue weighted by Crippen LogP contribution is 2.38. The van der Waals surface area contributed by atoms with Gasteiger partial charge in [0.05, 0.1) is 26.6 Å². The molecular weight excluding hydrogens is 422 g/mol. The lowest BCUT2D eigenvalue weighted by Gasteiger charge is -2.16. The predicted octanol–water partition coefficient (Wildman–Crippen LogP) is 3.47. The average Bonchev–Trinajstić information content (AvgIpc) is 3.37. The number of carbonyl (C=O) groups is 2. The number of aromatic nitrogens is 3. The SMILES string of the molecule is CCOC(=O)CC(=O)CSc1nnc(-c2ccc(C)o2)n1-c1c(OC)cccc1OC. The van der Waals surface area contributed by atoms with Gasteiger partial charge in [0.15, 0.2) is 16.7 Å². The summed E-state index contributed by atoms with van der Waals surface area (Å²) < 4.78 is 23.4. The highest BCUT2D eigenvalue weighted by molar-refractivity contribution is 7.99. The molecule has 0 unspecified atom stereocenters. The second kappa shape index (κ2) is 10.2. The fourth-order valence-corrected chi connectivity index (χ4v) is 3.70. The molecule has 0 N–H and O–H groups in total. The summed E-state index contributed by atoms with van der Waals surface area (Å²) in [5, 5.41) is 8.95. The van der Waals surface area contributed by atoms with Gasteiger partial charge in [-0.15, -0.1) is 10.2 Å². The Bertz CT molecular complexity index is 1050. The molecule has 0 amide bonds. The number of nitrogens with zero attached hydrogens (tertiary/aromatic N) is 3. The molecular formula is C21H23N3O6S. The molecule has 0 atom stereocenters. The number of Topliss-reactive ketones (excluding diaryl/α,β-unsaturated/α-hetero) is 1. The Morgan fingerprint density at radius 2 is 1.81 bits per heavy atom. The van der Waals surface area contributed by atoms with E-state index in [0.29, 0.717) is 33.9 Å². The number of esters is 1. The van der Waals surface area contributed by atoms with E-state index in [4.69, 9.17) is 18.6 Å². The zero-order chi connectivity index (χ0) is 22.4. The van der Waals surface area contributed by atoms with Crippen LogP contribution in [0.1, 0.15) is 19.1 Å². The largest absolute Gasteiger partial charge is 0.494 e. The molecule has 0 saturated heterocycles. The van der Waals surface area contributed by atoms with E-state index >= 15 is 0 Å². The first-order valence-corrected chi connectivity index (χ1v) is 10.5. The molecule has 0 aliphatic heterocycles. The van der Waals surface area contributed by atoms with Crippen LogP contribution in [0.15, 0.2) is 39.9 Å². The van der Waals surface area contributed by atoms with Crippen LogP contribution in [-0.2, 0) is 14.3 Å². The van der Waals surface area contributed by atoms with Crippen molar-refractivity contribution in [3.8, 4) is 28.8 Å². The van der Waals surface area contributed by atoms with E-state index in [0.717, 1.165) is 17.5 Å². The van der Waals surface area contributed by atoms with Gasteiger partial charge in [0.1, 0.15) is 29.4 Å². The van der Waals surface area contributed by atoms with Gasteiger partial charge in [-0.05, 0) is 38.1 Å². The third-order valence-electron chi connectivity index (χ3n) is 4.23. The van der Waals surface area contributed by atoms with Crippen molar-refractivity contribution in [2.75, 3.05) is 26.6 Å². The second-order valence-corrected chi connectivity index (χ2v) is 7.31. The Hall–Kier alpha value is -3.27. The number of para-hydroxylation sites is 1. The Morgan fingerprint density at radius 3 is 2.39 bits per heavy atom. The van der Waals surface area contributed by atoms with E-state index in [1.165, 1.54) is 0 Å². The third kappa shape index (κ3) is 5.08. The molecule has 2 aromatic heterocycles. The number of carbonyl (C=O) groups excluding carboxylic acids is 2. The smallest absolute Gasteiger partial charge is 0.313 e. The van der Waals surface area contributed by atoms with Crippen molar-refractivity contribution in [2.45, 2.75) is 25.4 Å². The molecule has 2 heterocycles. The van der Waals surface area contributed by atoms with E-state index in [1.807, 2.05) is 13.0 Å². The van der Waals surface area contributed by atoms with Crippen molar-refractivity contribution < 1.29 is 28.2 Å². The number of ketones is 1. The van der Waals surface area contributed by atoms with Crippen LogP contribution < -0.4 is 9.47 Å². The zero-order valence-corrected chi connectivity index (χ0v) is 18.5. The summed E-state index contributed by atoms with van der Waals surface area (Å²) in [7, 11) is 3.10. The van der Waals surface area contributed by atoms with Crippen LogP contribution in [0.4, 0.5) is 0 Å². The molecule has 3 rings (SSSR count). The van der Waals surface area contributed by atoms with Crippen LogP contribution in [-0.4, -0.2) is 53.1 Å². The predicted molar refractivity (Wildman–Crippen MR) is 114 cm³/mol. The van der Waals surface area contributed by atoms with Gasteiger partial charge >= 0.3 is 5.97 Å². The summed E-state index contributed by atoms with van der Waals surface area (Å²) in [4.78, 5) is 23.8. The van der Waals surface area contributed by atoms with E-state index < -0.39 is 5.97 Å². The van der Waals surface area contributed by atoms with Crippen molar-refractivity contribution in [2.24, 2.45) is 0 Å². The van der Waals surface area contributed by atoms with Gasteiger partial charge in [0.2, 0.25) is 5.82 Å². The number of benzene rings is 1. The molecule has 1 aromatic carbocycles. The standard InChI is InChI=1S/C21H23N3O6S/c1-5-29-18(26)11-14(25)12-31-21-23-22-20(17-10-9-13(2)30-17)24(21)19-15(27-3)7-6-8-16(19)28-4/h6-10H,5,11-12H2,1-4H3. The van der Waals surface area contributed by atoms with Gasteiger partial charge in [-0.2, -0.15) is 0 Å². The highest BCUT2D eigenvalue weighted by atomic mass is 32.2. The Labute approximate surface area is 183 Å². The normalized spacial score (nSPS) is 10.7. The second-order valence-electron chi connectivity index (χ2n) is 6.37. The Morgan fingerprint density at radius 1 is 1.10 bits per heavy atom. The molecule has 9 nitrogen and oxygen atoms in total.